The first kappa shape index (κ1) is 10.5. The van der Waals surface area contributed by atoms with Gasteiger partial charge in [-0.1, -0.05) is 6.92 Å². The molecular formula is C5H9F3O2Si. The molecule has 6 heteroatoms. The summed E-state index contributed by atoms with van der Waals surface area (Å²) < 4.78 is 38.9. The number of hydrogen-bond acceptors (Lipinski definition) is 2. The van der Waals surface area contributed by atoms with Gasteiger partial charge >= 0.3 is 15.0 Å². The molecule has 0 rings (SSSR count). The molecule has 66 valence electrons. The normalized spacial score (nSPS) is 11.3. The van der Waals surface area contributed by atoms with Crippen molar-refractivity contribution in [3.05, 3.63) is 0 Å². The predicted molar refractivity (Wildman–Crippen MR) is 35.1 cm³/mol. The monoisotopic (exact) mass is 186 g/mol. The van der Waals surface area contributed by atoms with E-state index in [0.29, 0.717) is 0 Å². The Bertz CT molecular complexity index is 134. The van der Waals surface area contributed by atoms with Gasteiger partial charge in [0.15, 0.2) is 0 Å². The van der Waals surface area contributed by atoms with E-state index >= 15 is 0 Å². The van der Waals surface area contributed by atoms with Crippen LogP contribution in [-0.4, -0.2) is 21.7 Å². The molecule has 0 N–H and O–H groups in total. The molecule has 0 aliphatic carbocycles. The van der Waals surface area contributed by atoms with E-state index in [4.69, 9.17) is 0 Å². The van der Waals surface area contributed by atoms with Crippen LogP contribution in [0.25, 0.3) is 0 Å². The summed E-state index contributed by atoms with van der Waals surface area (Å²) in [5, 5.41) is 0. The van der Waals surface area contributed by atoms with E-state index in [1.807, 2.05) is 0 Å². The highest BCUT2D eigenvalue weighted by molar-refractivity contribution is 6.58. The summed E-state index contributed by atoms with van der Waals surface area (Å²) in [5.41, 5.74) is 0. The second-order valence-corrected chi connectivity index (χ2v) is 3.67. The fourth-order valence-corrected chi connectivity index (χ4v) is 0.716. The predicted octanol–water partition coefficient (Wildman–Crippen LogP) is 1.79. The van der Waals surface area contributed by atoms with E-state index in [-0.39, 0.29) is 6.42 Å². The van der Waals surface area contributed by atoms with Gasteiger partial charge in [-0.15, -0.1) is 0 Å². The minimum absolute atomic E-state index is 0.124. The van der Waals surface area contributed by atoms with Crippen molar-refractivity contribution >= 4 is 15.0 Å². The molecule has 0 bridgehead atoms. The Morgan fingerprint density at radius 3 is 2.36 bits per heavy atom. The Morgan fingerprint density at radius 2 is 2.00 bits per heavy atom. The summed E-state index contributed by atoms with van der Waals surface area (Å²) in [6.45, 7) is 1.02. The van der Waals surface area contributed by atoms with Gasteiger partial charge in [-0.05, 0) is 0 Å². The molecule has 0 heterocycles. The third kappa shape index (κ3) is 7.37. The van der Waals surface area contributed by atoms with E-state index in [0.717, 1.165) is 0 Å². The van der Waals surface area contributed by atoms with E-state index < -0.39 is 27.7 Å². The lowest BCUT2D eigenvalue weighted by atomic mass is 10.5. The number of carbonyl (C=O) groups is 1. The number of rotatable bonds is 4. The number of halogens is 3. The van der Waals surface area contributed by atoms with Crippen molar-refractivity contribution < 1.29 is 21.9 Å². The highest BCUT2D eigenvalue weighted by Crippen LogP contribution is 2.13. The van der Waals surface area contributed by atoms with Gasteiger partial charge in [0.25, 0.3) is 0 Å². The number of carbonyl (C=O) groups excluding carboxylic acids is 1. The summed E-state index contributed by atoms with van der Waals surface area (Å²) in [6.07, 6.45) is 0.124. The lowest BCUT2D eigenvalue weighted by Gasteiger charge is -2.02. The van der Waals surface area contributed by atoms with Gasteiger partial charge in [-0.25, -0.2) is 12.3 Å². The van der Waals surface area contributed by atoms with Crippen molar-refractivity contribution in [2.24, 2.45) is 0 Å². The average molecular weight is 186 g/mol. The molecule has 0 aromatic heterocycles. The van der Waals surface area contributed by atoms with Gasteiger partial charge in [0, 0.05) is 6.42 Å². The minimum atomic E-state index is -5.51. The van der Waals surface area contributed by atoms with Crippen LogP contribution in [0.4, 0.5) is 12.3 Å². The molecule has 0 aromatic rings. The van der Waals surface area contributed by atoms with Crippen LogP contribution >= 0.6 is 0 Å². The molecule has 0 saturated heterocycles. The van der Waals surface area contributed by atoms with Crippen molar-refractivity contribution in [1.29, 1.82) is 0 Å². The lowest BCUT2D eigenvalue weighted by molar-refractivity contribution is -0.142. The maximum Gasteiger partial charge on any atom is 0.619 e. The molecular weight excluding hydrogens is 177 g/mol. The first-order valence-electron chi connectivity index (χ1n) is 3.18. The number of esters is 1. The number of hydrogen-bond donors (Lipinski definition) is 0. The molecule has 0 spiro atoms. The van der Waals surface area contributed by atoms with Gasteiger partial charge in [0.05, 0.1) is 12.7 Å². The zero-order valence-corrected chi connectivity index (χ0v) is 7.07. The first-order valence-corrected chi connectivity index (χ1v) is 5.02. The molecule has 0 unspecified atom stereocenters. The zero-order valence-electron chi connectivity index (χ0n) is 6.07. The largest absolute Gasteiger partial charge is 0.619 e. The van der Waals surface area contributed by atoms with Crippen molar-refractivity contribution in [2.45, 2.75) is 19.4 Å². The van der Waals surface area contributed by atoms with Crippen LogP contribution in [0.15, 0.2) is 0 Å². The molecule has 0 radical (unpaired) electrons. The van der Waals surface area contributed by atoms with Crippen LogP contribution in [0, 0.1) is 0 Å². The maximum absolute atomic E-state index is 11.6. The van der Waals surface area contributed by atoms with Gasteiger partial charge in [0.1, 0.15) is 0 Å². The Kier molecular flexibility index (Phi) is 4.17. The van der Waals surface area contributed by atoms with Gasteiger partial charge < -0.3 is 4.74 Å². The minimum Gasteiger partial charge on any atom is -0.466 e. The van der Waals surface area contributed by atoms with Crippen LogP contribution in [0.2, 0.25) is 6.04 Å². The van der Waals surface area contributed by atoms with Crippen LogP contribution in [0.5, 0.6) is 0 Å². The molecule has 11 heavy (non-hydrogen) atoms. The highest BCUT2D eigenvalue weighted by atomic mass is 28.5. The quantitative estimate of drug-likeness (QED) is 0.380. The Hall–Kier alpha value is -0.523. The fourth-order valence-electron chi connectivity index (χ4n) is 0.383. The van der Waals surface area contributed by atoms with Crippen molar-refractivity contribution in [1.82, 2.24) is 0 Å². The van der Waals surface area contributed by atoms with E-state index in [1.165, 1.54) is 6.92 Å². The van der Waals surface area contributed by atoms with E-state index in [9.17, 15) is 17.1 Å². The topological polar surface area (TPSA) is 26.3 Å². The second-order valence-electron chi connectivity index (χ2n) is 1.94. The smallest absolute Gasteiger partial charge is 0.466 e. The van der Waals surface area contributed by atoms with Crippen LogP contribution < -0.4 is 0 Å². The Morgan fingerprint density at radius 1 is 1.45 bits per heavy atom. The summed E-state index contributed by atoms with van der Waals surface area (Å²) in [4.78, 5) is 10.3. The van der Waals surface area contributed by atoms with Gasteiger partial charge in [-0.3, -0.25) is 4.79 Å². The Labute approximate surface area is 63.9 Å². The van der Waals surface area contributed by atoms with E-state index in [1.54, 1.807) is 0 Å². The summed E-state index contributed by atoms with van der Waals surface area (Å²) >= 11 is 0. The lowest BCUT2D eigenvalue weighted by Crippen LogP contribution is -2.18. The van der Waals surface area contributed by atoms with Gasteiger partial charge in [0.2, 0.25) is 0 Å². The third-order valence-electron chi connectivity index (χ3n) is 0.937. The summed E-state index contributed by atoms with van der Waals surface area (Å²) in [5.74, 6) is -0.580. The molecule has 0 aromatic carbocycles. The average Bonchev–Trinajstić information content (AvgIpc) is 1.85. The van der Waals surface area contributed by atoms with Crippen molar-refractivity contribution in [3.63, 3.8) is 0 Å². The summed E-state index contributed by atoms with van der Waals surface area (Å²) in [6, 6.07) is -0.932. The Balaban J connectivity index is 3.35. The van der Waals surface area contributed by atoms with Crippen molar-refractivity contribution in [3.8, 4) is 0 Å². The molecule has 2 nitrogen and oxygen atoms in total. The van der Waals surface area contributed by atoms with Crippen molar-refractivity contribution in [2.75, 3.05) is 6.61 Å². The molecule has 0 aliphatic rings. The maximum atomic E-state index is 11.6. The molecule has 0 amide bonds. The molecule has 0 saturated carbocycles. The molecule has 0 aliphatic heterocycles. The van der Waals surface area contributed by atoms with Gasteiger partial charge in [-0.2, -0.15) is 0 Å². The van der Waals surface area contributed by atoms with E-state index in [2.05, 4.69) is 4.74 Å². The molecule has 0 atom stereocenters. The fraction of sp³-hybridized carbons (Fsp3) is 0.800. The summed E-state index contributed by atoms with van der Waals surface area (Å²) in [7, 11) is -5.51. The SMILES string of the molecule is CCC(=O)OCC[Si](F)(F)F. The zero-order chi connectivity index (χ0) is 8.91. The highest BCUT2D eigenvalue weighted by Gasteiger charge is 2.36. The molecule has 0 fully saturated rings. The third-order valence-corrected chi connectivity index (χ3v) is 1.71. The van der Waals surface area contributed by atoms with Crippen LogP contribution in [0.1, 0.15) is 13.3 Å². The van der Waals surface area contributed by atoms with Crippen LogP contribution in [-0.2, 0) is 9.53 Å². The van der Waals surface area contributed by atoms with Crippen LogP contribution in [0.3, 0.4) is 0 Å². The standard InChI is InChI=1S/C5H9F3O2Si/c1-2-5(9)10-3-4-11(6,7)8/h2-4H2,1H3. The second kappa shape index (κ2) is 4.37. The number of ether oxygens (including phenoxy) is 1. The first-order chi connectivity index (χ1) is 4.95.